The van der Waals surface area contributed by atoms with Crippen LogP contribution in [-0.2, 0) is 4.79 Å². The lowest BCUT2D eigenvalue weighted by molar-refractivity contribution is -0.137. The quantitative estimate of drug-likeness (QED) is 0.784. The van der Waals surface area contributed by atoms with Crippen molar-refractivity contribution in [2.24, 2.45) is 0 Å². The van der Waals surface area contributed by atoms with Crippen LogP contribution in [0.15, 0.2) is 22.7 Å². The Morgan fingerprint density at radius 2 is 2.06 bits per heavy atom. The maximum absolute atomic E-state index is 11.9. The van der Waals surface area contributed by atoms with E-state index in [4.69, 9.17) is 9.84 Å². The molecule has 0 saturated heterocycles. The van der Waals surface area contributed by atoms with Crippen molar-refractivity contribution in [3.05, 3.63) is 28.2 Å². The molecular formula is C13H15BrO4. The lowest BCUT2D eigenvalue weighted by Gasteiger charge is -2.07. The summed E-state index contributed by atoms with van der Waals surface area (Å²) in [4.78, 5) is 22.2. The molecule has 0 aliphatic rings. The number of ether oxygens (including phenoxy) is 1. The Labute approximate surface area is 114 Å². The lowest BCUT2D eigenvalue weighted by Crippen LogP contribution is -2.03. The molecule has 0 atom stereocenters. The van der Waals surface area contributed by atoms with E-state index in [9.17, 15) is 9.59 Å². The van der Waals surface area contributed by atoms with Crippen molar-refractivity contribution in [3.8, 4) is 5.75 Å². The third kappa shape index (κ3) is 4.49. The second-order valence-corrected chi connectivity index (χ2v) is 4.60. The number of halogens is 1. The van der Waals surface area contributed by atoms with Crippen LogP contribution in [0.2, 0.25) is 0 Å². The van der Waals surface area contributed by atoms with Crippen LogP contribution in [0.1, 0.15) is 36.5 Å². The summed E-state index contributed by atoms with van der Waals surface area (Å²) in [6, 6.07) is 5.17. The first-order valence-electron chi connectivity index (χ1n) is 5.72. The summed E-state index contributed by atoms with van der Waals surface area (Å²) < 4.78 is 5.99. The molecule has 0 saturated carbocycles. The number of carbonyl (C=O) groups excluding carboxylic acids is 1. The van der Waals surface area contributed by atoms with Gasteiger partial charge >= 0.3 is 5.97 Å². The predicted molar refractivity (Wildman–Crippen MR) is 71.1 cm³/mol. The van der Waals surface area contributed by atoms with Crippen molar-refractivity contribution in [1.29, 1.82) is 0 Å². The summed E-state index contributed by atoms with van der Waals surface area (Å²) in [6.07, 6.45) is 0.604. The van der Waals surface area contributed by atoms with Gasteiger partial charge in [0.05, 0.1) is 6.61 Å². The molecule has 0 fully saturated rings. The van der Waals surface area contributed by atoms with Crippen LogP contribution in [0, 0.1) is 0 Å². The molecule has 0 amide bonds. The minimum Gasteiger partial charge on any atom is -0.494 e. The van der Waals surface area contributed by atoms with E-state index >= 15 is 0 Å². The van der Waals surface area contributed by atoms with Crippen molar-refractivity contribution in [2.45, 2.75) is 26.2 Å². The van der Waals surface area contributed by atoms with Crippen molar-refractivity contribution >= 4 is 27.7 Å². The zero-order valence-electron chi connectivity index (χ0n) is 10.1. The number of ketones is 1. The molecule has 1 aromatic rings. The highest BCUT2D eigenvalue weighted by molar-refractivity contribution is 9.10. The molecule has 4 nitrogen and oxygen atoms in total. The summed E-state index contributed by atoms with van der Waals surface area (Å²) >= 11 is 3.32. The normalized spacial score (nSPS) is 10.1. The Morgan fingerprint density at radius 1 is 1.33 bits per heavy atom. The molecule has 1 aromatic carbocycles. The first kappa shape index (κ1) is 14.7. The van der Waals surface area contributed by atoms with Crippen LogP contribution in [0.5, 0.6) is 5.75 Å². The Kier molecular flexibility index (Phi) is 5.85. The highest BCUT2D eigenvalue weighted by Gasteiger charge is 2.11. The molecule has 0 aliphatic heterocycles. The van der Waals surface area contributed by atoms with Gasteiger partial charge in [-0.2, -0.15) is 0 Å². The topological polar surface area (TPSA) is 63.6 Å². The SMILES string of the molecule is CCOc1ccc(C(=O)CCCC(=O)O)c(Br)c1. The number of carbonyl (C=O) groups is 2. The van der Waals surface area contributed by atoms with Gasteiger partial charge in [-0.05, 0) is 47.5 Å². The minimum absolute atomic E-state index is 0.0143. The van der Waals surface area contributed by atoms with Crippen molar-refractivity contribution in [3.63, 3.8) is 0 Å². The number of aliphatic carboxylic acids is 1. The molecule has 1 rings (SSSR count). The number of carboxylic acid groups (broad SMARTS) is 1. The van der Waals surface area contributed by atoms with Crippen LogP contribution in [0.3, 0.4) is 0 Å². The maximum atomic E-state index is 11.9. The van der Waals surface area contributed by atoms with Crippen LogP contribution in [0.4, 0.5) is 0 Å². The molecule has 5 heteroatoms. The fraction of sp³-hybridized carbons (Fsp3) is 0.385. The lowest BCUT2D eigenvalue weighted by atomic mass is 10.1. The minimum atomic E-state index is -0.881. The third-order valence-electron chi connectivity index (χ3n) is 2.35. The second kappa shape index (κ2) is 7.16. The van der Waals surface area contributed by atoms with Crippen molar-refractivity contribution < 1.29 is 19.4 Å². The third-order valence-corrected chi connectivity index (χ3v) is 3.00. The first-order valence-corrected chi connectivity index (χ1v) is 6.51. The van der Waals surface area contributed by atoms with E-state index in [1.165, 1.54) is 0 Å². The van der Waals surface area contributed by atoms with Crippen molar-refractivity contribution in [2.75, 3.05) is 6.61 Å². The fourth-order valence-electron chi connectivity index (χ4n) is 1.51. The number of rotatable bonds is 7. The summed E-state index contributed by atoms with van der Waals surface area (Å²) in [5.74, 6) is -0.244. The van der Waals surface area contributed by atoms with E-state index in [0.29, 0.717) is 28.8 Å². The fourth-order valence-corrected chi connectivity index (χ4v) is 2.09. The van der Waals surface area contributed by atoms with Gasteiger partial charge in [-0.25, -0.2) is 0 Å². The van der Waals surface area contributed by atoms with Crippen LogP contribution in [0.25, 0.3) is 0 Å². The molecule has 98 valence electrons. The average Bonchev–Trinajstić information content (AvgIpc) is 2.28. The van der Waals surface area contributed by atoms with Gasteiger partial charge in [-0.15, -0.1) is 0 Å². The maximum Gasteiger partial charge on any atom is 0.303 e. The number of carboxylic acids is 1. The van der Waals surface area contributed by atoms with E-state index in [-0.39, 0.29) is 18.6 Å². The molecule has 0 aromatic heterocycles. The van der Waals surface area contributed by atoms with Gasteiger partial charge in [0.1, 0.15) is 5.75 Å². The summed E-state index contributed by atoms with van der Waals surface area (Å²) in [7, 11) is 0. The van der Waals surface area contributed by atoms with E-state index in [0.717, 1.165) is 0 Å². The van der Waals surface area contributed by atoms with Crippen LogP contribution < -0.4 is 4.74 Å². The Morgan fingerprint density at radius 3 is 2.61 bits per heavy atom. The van der Waals surface area contributed by atoms with Gasteiger partial charge in [0, 0.05) is 22.9 Å². The van der Waals surface area contributed by atoms with E-state index < -0.39 is 5.97 Å². The Balaban J connectivity index is 2.65. The zero-order valence-corrected chi connectivity index (χ0v) is 11.7. The molecule has 18 heavy (non-hydrogen) atoms. The first-order chi connectivity index (χ1) is 8.54. The number of hydrogen-bond acceptors (Lipinski definition) is 3. The zero-order chi connectivity index (χ0) is 13.5. The monoisotopic (exact) mass is 314 g/mol. The van der Waals surface area contributed by atoms with Gasteiger partial charge in [0.25, 0.3) is 0 Å². The number of Topliss-reactive ketones (excluding diaryl/α,β-unsaturated/α-hetero) is 1. The van der Waals surface area contributed by atoms with E-state index in [1.54, 1.807) is 18.2 Å². The van der Waals surface area contributed by atoms with Gasteiger partial charge in [-0.1, -0.05) is 0 Å². The van der Waals surface area contributed by atoms with Gasteiger partial charge < -0.3 is 9.84 Å². The van der Waals surface area contributed by atoms with Gasteiger partial charge in [0.15, 0.2) is 5.78 Å². The van der Waals surface area contributed by atoms with E-state index in [1.807, 2.05) is 6.92 Å². The van der Waals surface area contributed by atoms with E-state index in [2.05, 4.69) is 15.9 Å². The Bertz CT molecular complexity index is 443. The molecule has 0 bridgehead atoms. The molecule has 0 aliphatic carbocycles. The summed E-state index contributed by atoms with van der Waals surface area (Å²) in [5, 5.41) is 8.51. The average molecular weight is 315 g/mol. The summed E-state index contributed by atoms with van der Waals surface area (Å²) in [6.45, 7) is 2.46. The Hall–Kier alpha value is -1.36. The molecule has 0 spiro atoms. The number of benzene rings is 1. The number of hydrogen-bond donors (Lipinski definition) is 1. The highest BCUT2D eigenvalue weighted by Crippen LogP contribution is 2.24. The smallest absolute Gasteiger partial charge is 0.303 e. The predicted octanol–water partition coefficient (Wildman–Crippen LogP) is 3.29. The molecule has 0 radical (unpaired) electrons. The van der Waals surface area contributed by atoms with Crippen LogP contribution >= 0.6 is 15.9 Å². The van der Waals surface area contributed by atoms with Crippen molar-refractivity contribution in [1.82, 2.24) is 0 Å². The molecular weight excluding hydrogens is 300 g/mol. The van der Waals surface area contributed by atoms with Crippen LogP contribution in [-0.4, -0.2) is 23.5 Å². The standard InChI is InChI=1S/C13H15BrO4/c1-2-18-9-6-7-10(11(14)8-9)12(15)4-3-5-13(16)17/h6-8H,2-5H2,1H3,(H,16,17). The second-order valence-electron chi connectivity index (χ2n) is 3.75. The molecule has 1 N–H and O–H groups in total. The van der Waals surface area contributed by atoms with Gasteiger partial charge in [0.2, 0.25) is 0 Å². The largest absolute Gasteiger partial charge is 0.494 e. The molecule has 0 heterocycles. The van der Waals surface area contributed by atoms with Gasteiger partial charge in [-0.3, -0.25) is 9.59 Å². The molecule has 0 unspecified atom stereocenters. The highest BCUT2D eigenvalue weighted by atomic mass is 79.9. The summed E-state index contributed by atoms with van der Waals surface area (Å²) in [5.41, 5.74) is 0.559.